The minimum atomic E-state index is 0.448. The topological polar surface area (TPSA) is 27.0 Å². The lowest BCUT2D eigenvalue weighted by Gasteiger charge is -2.38. The molecule has 92 valence electrons. The third kappa shape index (κ3) is 2.81. The van der Waals surface area contributed by atoms with Crippen LogP contribution in [-0.4, -0.2) is 17.8 Å². The second-order valence-electron chi connectivity index (χ2n) is 4.32. The zero-order valence-corrected chi connectivity index (χ0v) is 13.0. The summed E-state index contributed by atoms with van der Waals surface area (Å²) in [5, 5.41) is 10.6. The van der Waals surface area contributed by atoms with Crippen LogP contribution < -0.4 is 4.90 Å². The maximum Gasteiger partial charge on any atom is 0.121 e. The first kappa shape index (κ1) is 13.3. The Labute approximate surface area is 120 Å². The molecule has 0 saturated carbocycles. The van der Waals surface area contributed by atoms with E-state index in [-0.39, 0.29) is 0 Å². The Bertz CT molecular complexity index is 438. The van der Waals surface area contributed by atoms with Gasteiger partial charge in [0, 0.05) is 22.3 Å². The van der Waals surface area contributed by atoms with Crippen molar-refractivity contribution in [3.05, 3.63) is 15.4 Å². The van der Waals surface area contributed by atoms with Crippen molar-refractivity contribution in [3.63, 3.8) is 0 Å². The number of halogens is 1. The van der Waals surface area contributed by atoms with E-state index in [9.17, 15) is 0 Å². The average molecular weight is 331 g/mol. The summed E-state index contributed by atoms with van der Waals surface area (Å²) < 4.78 is 0.913. The number of nitrogens with zero attached hydrogens (tertiary/aromatic N) is 2. The molecule has 2 nitrogen and oxygen atoms in total. The van der Waals surface area contributed by atoms with Gasteiger partial charge in [0.2, 0.25) is 0 Å². The minimum absolute atomic E-state index is 0.448. The normalized spacial score (nSPS) is 24.7. The van der Waals surface area contributed by atoms with Gasteiger partial charge in [0.15, 0.2) is 0 Å². The molecule has 0 amide bonds. The van der Waals surface area contributed by atoms with E-state index in [0.29, 0.717) is 11.3 Å². The molecule has 1 aliphatic heterocycles. The van der Waals surface area contributed by atoms with Gasteiger partial charge in [-0.15, -0.1) is 11.3 Å². The molecule has 1 saturated heterocycles. The van der Waals surface area contributed by atoms with Crippen molar-refractivity contribution in [1.29, 1.82) is 5.26 Å². The third-order valence-corrected chi connectivity index (χ3v) is 5.60. The molecule has 1 aliphatic rings. The molecule has 0 N–H and O–H groups in total. The van der Waals surface area contributed by atoms with Crippen molar-refractivity contribution in [2.45, 2.75) is 37.5 Å². The lowest BCUT2D eigenvalue weighted by Crippen LogP contribution is -2.43. The number of hydrogen-bond acceptors (Lipinski definition) is 4. The fourth-order valence-electron chi connectivity index (χ4n) is 2.28. The van der Waals surface area contributed by atoms with E-state index in [1.807, 2.05) is 0 Å². The molecular weight excluding hydrogens is 316 g/mol. The van der Waals surface area contributed by atoms with Crippen LogP contribution in [0.2, 0.25) is 0 Å². The Kier molecular flexibility index (Phi) is 4.40. The fourth-order valence-corrected chi connectivity index (χ4v) is 4.23. The Morgan fingerprint density at radius 1 is 1.65 bits per heavy atom. The SMILES string of the molecule is CCC1CCC(S)CN1c1cc(Br)c(C#N)s1. The molecule has 2 unspecified atom stereocenters. The van der Waals surface area contributed by atoms with Crippen molar-refractivity contribution in [2.75, 3.05) is 11.4 Å². The van der Waals surface area contributed by atoms with Gasteiger partial charge in [-0.2, -0.15) is 17.9 Å². The van der Waals surface area contributed by atoms with Crippen molar-refractivity contribution < 1.29 is 0 Å². The molecule has 1 aromatic heterocycles. The highest BCUT2D eigenvalue weighted by molar-refractivity contribution is 9.10. The Morgan fingerprint density at radius 2 is 2.41 bits per heavy atom. The largest absolute Gasteiger partial charge is 0.359 e. The highest BCUT2D eigenvalue weighted by atomic mass is 79.9. The van der Waals surface area contributed by atoms with Crippen LogP contribution in [0.25, 0.3) is 0 Å². The van der Waals surface area contributed by atoms with Gasteiger partial charge in [0.05, 0.1) is 5.00 Å². The van der Waals surface area contributed by atoms with Gasteiger partial charge in [-0.25, -0.2) is 0 Å². The Hall–Kier alpha value is -0.180. The number of thiophene rings is 1. The molecule has 0 aromatic carbocycles. The number of hydrogen-bond donors (Lipinski definition) is 1. The number of nitriles is 1. The molecule has 0 bridgehead atoms. The summed E-state index contributed by atoms with van der Waals surface area (Å²) in [5.41, 5.74) is 0. The predicted molar refractivity (Wildman–Crippen MR) is 80.2 cm³/mol. The van der Waals surface area contributed by atoms with Gasteiger partial charge >= 0.3 is 0 Å². The number of thiol groups is 1. The van der Waals surface area contributed by atoms with Crippen molar-refractivity contribution in [1.82, 2.24) is 0 Å². The van der Waals surface area contributed by atoms with E-state index >= 15 is 0 Å². The first-order valence-electron chi connectivity index (χ1n) is 5.79. The first-order valence-corrected chi connectivity index (χ1v) is 7.92. The van der Waals surface area contributed by atoms with Gasteiger partial charge in [-0.3, -0.25) is 0 Å². The van der Waals surface area contributed by atoms with Gasteiger partial charge < -0.3 is 4.90 Å². The standard InChI is InChI=1S/C12H15BrN2S2/c1-2-8-3-4-9(16)7-15(8)12-5-10(13)11(6-14)17-12/h5,8-9,16H,2-4,7H2,1H3. The first-order chi connectivity index (χ1) is 8.15. The van der Waals surface area contributed by atoms with Crippen LogP contribution in [0.4, 0.5) is 5.00 Å². The van der Waals surface area contributed by atoms with Crippen LogP contribution in [0.15, 0.2) is 10.5 Å². The lowest BCUT2D eigenvalue weighted by molar-refractivity contribution is 0.461. The van der Waals surface area contributed by atoms with Gasteiger partial charge in [-0.1, -0.05) is 6.92 Å². The predicted octanol–water partition coefficient (Wildman–Crippen LogP) is 4.06. The summed E-state index contributed by atoms with van der Waals surface area (Å²) >= 11 is 9.61. The number of rotatable bonds is 2. The zero-order valence-electron chi connectivity index (χ0n) is 9.69. The zero-order chi connectivity index (χ0) is 12.4. The van der Waals surface area contributed by atoms with Crippen LogP contribution >= 0.6 is 39.9 Å². The maximum absolute atomic E-state index is 9.00. The van der Waals surface area contributed by atoms with Crippen LogP contribution in [-0.2, 0) is 0 Å². The molecule has 2 heterocycles. The van der Waals surface area contributed by atoms with E-state index in [2.05, 4.69) is 52.5 Å². The maximum atomic E-state index is 9.00. The lowest BCUT2D eigenvalue weighted by atomic mass is 10.00. The molecule has 0 spiro atoms. The van der Waals surface area contributed by atoms with Crippen molar-refractivity contribution in [3.8, 4) is 6.07 Å². The molecule has 1 fully saturated rings. The number of piperidine rings is 1. The molecule has 5 heteroatoms. The molecule has 2 rings (SSSR count). The minimum Gasteiger partial charge on any atom is -0.359 e. The molecule has 1 aromatic rings. The molecular formula is C12H15BrN2S2. The molecule has 2 atom stereocenters. The van der Waals surface area contributed by atoms with Crippen LogP contribution in [0.3, 0.4) is 0 Å². The molecule has 0 radical (unpaired) electrons. The summed E-state index contributed by atoms with van der Waals surface area (Å²) in [7, 11) is 0. The smallest absolute Gasteiger partial charge is 0.121 e. The van der Waals surface area contributed by atoms with Crippen LogP contribution in [0, 0.1) is 11.3 Å². The summed E-state index contributed by atoms with van der Waals surface area (Å²) in [6, 6.07) is 4.88. The van der Waals surface area contributed by atoms with Crippen LogP contribution in [0.1, 0.15) is 31.1 Å². The fraction of sp³-hybridized carbons (Fsp3) is 0.583. The summed E-state index contributed by atoms with van der Waals surface area (Å²) in [6.07, 6.45) is 3.54. The quantitative estimate of drug-likeness (QED) is 0.828. The third-order valence-electron chi connectivity index (χ3n) is 3.21. The highest BCUT2D eigenvalue weighted by Gasteiger charge is 2.27. The highest BCUT2D eigenvalue weighted by Crippen LogP contribution is 2.37. The summed E-state index contributed by atoms with van der Waals surface area (Å²) in [4.78, 5) is 3.17. The van der Waals surface area contributed by atoms with E-state index in [0.717, 1.165) is 22.3 Å². The van der Waals surface area contributed by atoms with E-state index < -0.39 is 0 Å². The monoisotopic (exact) mass is 330 g/mol. The second-order valence-corrected chi connectivity index (χ2v) is 6.93. The average Bonchev–Trinajstić information content (AvgIpc) is 2.70. The number of anilines is 1. The molecule has 17 heavy (non-hydrogen) atoms. The van der Waals surface area contributed by atoms with Crippen molar-refractivity contribution in [2.24, 2.45) is 0 Å². The second kappa shape index (κ2) is 5.64. The Balaban J connectivity index is 2.26. The van der Waals surface area contributed by atoms with Gasteiger partial charge in [-0.05, 0) is 41.3 Å². The Morgan fingerprint density at radius 3 is 3.00 bits per heavy atom. The van der Waals surface area contributed by atoms with Gasteiger partial charge in [0.1, 0.15) is 10.9 Å². The van der Waals surface area contributed by atoms with E-state index in [1.54, 1.807) is 11.3 Å². The van der Waals surface area contributed by atoms with Gasteiger partial charge in [0.25, 0.3) is 0 Å². The van der Waals surface area contributed by atoms with E-state index in [4.69, 9.17) is 5.26 Å². The summed E-state index contributed by atoms with van der Waals surface area (Å²) in [5.74, 6) is 0. The summed E-state index contributed by atoms with van der Waals surface area (Å²) in [6.45, 7) is 3.21. The van der Waals surface area contributed by atoms with Crippen LogP contribution in [0.5, 0.6) is 0 Å². The molecule has 0 aliphatic carbocycles. The van der Waals surface area contributed by atoms with E-state index in [1.165, 1.54) is 17.8 Å². The van der Waals surface area contributed by atoms with Crippen molar-refractivity contribution >= 4 is 44.9 Å².